The molecule has 4 rings (SSSR count). The summed E-state index contributed by atoms with van der Waals surface area (Å²) < 4.78 is 29.2. The highest BCUT2D eigenvalue weighted by Crippen LogP contribution is 2.44. The first-order valence-electron chi connectivity index (χ1n) is 10.8. The second kappa shape index (κ2) is 7.84. The first-order chi connectivity index (χ1) is 13.0. The molecular formula is C22H34N2O2S. The monoisotopic (exact) mass is 390 g/mol. The number of sulfonamides is 1. The van der Waals surface area contributed by atoms with E-state index in [-0.39, 0.29) is 6.04 Å². The Kier molecular flexibility index (Phi) is 5.64. The molecule has 3 aliphatic heterocycles. The van der Waals surface area contributed by atoms with E-state index in [1.807, 2.05) is 23.4 Å². The van der Waals surface area contributed by atoms with Crippen molar-refractivity contribution in [2.45, 2.75) is 75.8 Å². The van der Waals surface area contributed by atoms with Crippen LogP contribution in [-0.2, 0) is 10.0 Å². The zero-order valence-corrected chi connectivity index (χ0v) is 17.6. The van der Waals surface area contributed by atoms with E-state index >= 15 is 0 Å². The standard InChI is InChI=1S/C22H34N2O2S/c1-3-4-9-21-20-8-6-15-23-14-5-7-18(22(20)23)16-24(21)27(25,26)19-12-10-17(2)11-13-19/h10-13,18,20-22H,3-9,14-16H2,1-2H3/t18-,20-,21-,22+/m1/s1. The Labute approximate surface area is 165 Å². The van der Waals surface area contributed by atoms with E-state index in [0.29, 0.717) is 29.3 Å². The van der Waals surface area contributed by atoms with Crippen molar-refractivity contribution in [1.82, 2.24) is 9.21 Å². The van der Waals surface area contributed by atoms with Gasteiger partial charge in [0.1, 0.15) is 0 Å². The highest BCUT2D eigenvalue weighted by Gasteiger charge is 2.51. The normalized spacial score (nSPS) is 32.2. The molecule has 4 atom stereocenters. The maximum absolute atomic E-state index is 13.6. The number of rotatable bonds is 5. The van der Waals surface area contributed by atoms with Gasteiger partial charge >= 0.3 is 0 Å². The Bertz CT molecular complexity index is 744. The molecule has 3 aliphatic rings. The van der Waals surface area contributed by atoms with E-state index in [2.05, 4.69) is 11.8 Å². The first-order valence-corrected chi connectivity index (χ1v) is 12.3. The van der Waals surface area contributed by atoms with Crippen LogP contribution in [-0.4, -0.2) is 49.3 Å². The van der Waals surface area contributed by atoms with Crippen molar-refractivity contribution in [3.05, 3.63) is 29.8 Å². The van der Waals surface area contributed by atoms with Gasteiger partial charge in [0.05, 0.1) is 4.90 Å². The Balaban J connectivity index is 1.69. The summed E-state index contributed by atoms with van der Waals surface area (Å²) in [6.07, 6.45) is 8.03. The number of aryl methyl sites for hydroxylation is 1. The van der Waals surface area contributed by atoms with E-state index in [4.69, 9.17) is 0 Å². The summed E-state index contributed by atoms with van der Waals surface area (Å²) in [6, 6.07) is 8.20. The topological polar surface area (TPSA) is 40.6 Å². The summed E-state index contributed by atoms with van der Waals surface area (Å²) in [6.45, 7) is 7.34. The van der Waals surface area contributed by atoms with Crippen LogP contribution in [0.2, 0.25) is 0 Å². The van der Waals surface area contributed by atoms with Gasteiger partial charge in [0, 0.05) is 18.6 Å². The lowest BCUT2D eigenvalue weighted by Gasteiger charge is -2.57. The smallest absolute Gasteiger partial charge is 0.243 e. The van der Waals surface area contributed by atoms with Crippen molar-refractivity contribution >= 4 is 10.0 Å². The summed E-state index contributed by atoms with van der Waals surface area (Å²) in [4.78, 5) is 3.16. The van der Waals surface area contributed by atoms with Crippen molar-refractivity contribution in [3.8, 4) is 0 Å². The van der Waals surface area contributed by atoms with Crippen LogP contribution < -0.4 is 0 Å². The van der Waals surface area contributed by atoms with Crippen molar-refractivity contribution in [2.24, 2.45) is 11.8 Å². The third-order valence-corrected chi connectivity index (χ3v) is 9.01. The van der Waals surface area contributed by atoms with Crippen LogP contribution in [0.5, 0.6) is 0 Å². The molecule has 150 valence electrons. The third kappa shape index (κ3) is 3.58. The summed E-state index contributed by atoms with van der Waals surface area (Å²) in [5, 5.41) is 0. The first kappa shape index (κ1) is 19.4. The number of piperidine rings is 3. The minimum atomic E-state index is -3.43. The maximum Gasteiger partial charge on any atom is 0.243 e. The molecule has 1 aromatic carbocycles. The molecule has 27 heavy (non-hydrogen) atoms. The predicted molar refractivity (Wildman–Crippen MR) is 109 cm³/mol. The quantitative estimate of drug-likeness (QED) is 0.762. The van der Waals surface area contributed by atoms with Crippen LogP contribution in [0.3, 0.4) is 0 Å². The molecule has 4 nitrogen and oxygen atoms in total. The highest BCUT2D eigenvalue weighted by atomic mass is 32.2. The Morgan fingerprint density at radius 2 is 1.78 bits per heavy atom. The van der Waals surface area contributed by atoms with Crippen molar-refractivity contribution < 1.29 is 8.42 Å². The Morgan fingerprint density at radius 1 is 1.07 bits per heavy atom. The minimum absolute atomic E-state index is 0.165. The van der Waals surface area contributed by atoms with Gasteiger partial charge < -0.3 is 0 Å². The maximum atomic E-state index is 13.6. The zero-order chi connectivity index (χ0) is 19.0. The second-order valence-electron chi connectivity index (χ2n) is 8.83. The van der Waals surface area contributed by atoms with Gasteiger partial charge in [-0.25, -0.2) is 8.42 Å². The van der Waals surface area contributed by atoms with Crippen LogP contribution >= 0.6 is 0 Å². The van der Waals surface area contributed by atoms with E-state index in [9.17, 15) is 8.42 Å². The number of unbranched alkanes of at least 4 members (excludes halogenated alkanes) is 1. The highest BCUT2D eigenvalue weighted by molar-refractivity contribution is 7.89. The molecule has 3 saturated heterocycles. The molecule has 0 bridgehead atoms. The lowest BCUT2D eigenvalue weighted by atomic mass is 9.70. The summed E-state index contributed by atoms with van der Waals surface area (Å²) in [5.41, 5.74) is 1.10. The van der Waals surface area contributed by atoms with E-state index in [1.165, 1.54) is 38.8 Å². The molecule has 0 unspecified atom stereocenters. The molecule has 0 N–H and O–H groups in total. The van der Waals surface area contributed by atoms with Gasteiger partial charge in [-0.2, -0.15) is 4.31 Å². The Morgan fingerprint density at radius 3 is 2.48 bits per heavy atom. The van der Waals surface area contributed by atoms with Crippen molar-refractivity contribution in [2.75, 3.05) is 19.6 Å². The van der Waals surface area contributed by atoms with E-state index in [0.717, 1.165) is 24.8 Å². The molecule has 3 fully saturated rings. The third-order valence-electron chi connectivity index (χ3n) is 7.11. The molecule has 1 aromatic rings. The van der Waals surface area contributed by atoms with Crippen LogP contribution in [0, 0.1) is 18.8 Å². The molecular weight excluding hydrogens is 356 g/mol. The fourth-order valence-electron chi connectivity index (χ4n) is 5.85. The van der Waals surface area contributed by atoms with Gasteiger partial charge in [0.15, 0.2) is 0 Å². The number of hydrogen-bond acceptors (Lipinski definition) is 3. The summed E-state index contributed by atoms with van der Waals surface area (Å²) in [5.74, 6) is 1.01. The van der Waals surface area contributed by atoms with Gasteiger partial charge in [-0.1, -0.05) is 37.5 Å². The minimum Gasteiger partial charge on any atom is -0.300 e. The molecule has 0 aliphatic carbocycles. The van der Waals surface area contributed by atoms with Gasteiger partial charge in [-0.3, -0.25) is 4.90 Å². The summed E-state index contributed by atoms with van der Waals surface area (Å²) >= 11 is 0. The van der Waals surface area contributed by atoms with Crippen LogP contribution in [0.25, 0.3) is 0 Å². The fourth-order valence-corrected chi connectivity index (χ4v) is 7.61. The largest absolute Gasteiger partial charge is 0.300 e. The lowest BCUT2D eigenvalue weighted by Crippen LogP contribution is -2.65. The van der Waals surface area contributed by atoms with Crippen molar-refractivity contribution in [3.63, 3.8) is 0 Å². The number of hydrogen-bond donors (Lipinski definition) is 0. The number of benzene rings is 1. The van der Waals surface area contributed by atoms with Crippen molar-refractivity contribution in [1.29, 1.82) is 0 Å². The molecule has 0 aromatic heterocycles. The molecule has 0 amide bonds. The number of nitrogens with zero attached hydrogens (tertiary/aromatic N) is 2. The van der Waals surface area contributed by atoms with Gasteiger partial charge in [0.25, 0.3) is 0 Å². The van der Waals surface area contributed by atoms with Crippen LogP contribution in [0.4, 0.5) is 0 Å². The van der Waals surface area contributed by atoms with E-state index in [1.54, 1.807) is 12.1 Å². The van der Waals surface area contributed by atoms with Gasteiger partial charge in [0.2, 0.25) is 10.0 Å². The molecule has 0 spiro atoms. The van der Waals surface area contributed by atoms with Crippen LogP contribution in [0.1, 0.15) is 57.4 Å². The average molecular weight is 391 g/mol. The summed E-state index contributed by atoms with van der Waals surface area (Å²) in [7, 11) is -3.43. The molecule has 0 saturated carbocycles. The van der Waals surface area contributed by atoms with Gasteiger partial charge in [-0.05, 0) is 76.1 Å². The average Bonchev–Trinajstić information content (AvgIpc) is 2.67. The molecule has 0 radical (unpaired) electrons. The Hall–Kier alpha value is -0.910. The second-order valence-corrected chi connectivity index (χ2v) is 10.7. The SMILES string of the molecule is CCCC[C@@H]1[C@H]2CCCN3CCC[C@H](CN1S(=O)(=O)c1ccc(C)cc1)[C@@H]23. The fraction of sp³-hybridized carbons (Fsp3) is 0.727. The zero-order valence-electron chi connectivity index (χ0n) is 16.8. The lowest BCUT2D eigenvalue weighted by molar-refractivity contribution is -0.0523. The van der Waals surface area contributed by atoms with E-state index < -0.39 is 10.0 Å². The molecule has 3 heterocycles. The molecule has 5 heteroatoms. The van der Waals surface area contributed by atoms with Gasteiger partial charge in [-0.15, -0.1) is 0 Å². The van der Waals surface area contributed by atoms with Crippen LogP contribution in [0.15, 0.2) is 29.2 Å². The predicted octanol–water partition coefficient (Wildman–Crippen LogP) is 4.05.